The Labute approximate surface area is 89.8 Å². The van der Waals surface area contributed by atoms with Gasteiger partial charge in [0.1, 0.15) is 0 Å². The van der Waals surface area contributed by atoms with Crippen LogP contribution in [-0.2, 0) is 0 Å². The Morgan fingerprint density at radius 3 is 2.55 bits per heavy atom. The number of hydrogen-bond donors (Lipinski definition) is 1. The highest BCUT2D eigenvalue weighted by molar-refractivity contribution is 9.34. The summed E-state index contributed by atoms with van der Waals surface area (Å²) in [5.74, 6) is 1.28. The third-order valence-electron chi connectivity index (χ3n) is 1.19. The van der Waals surface area contributed by atoms with E-state index < -0.39 is 0 Å². The Balaban J connectivity index is 2.69. The normalized spacial score (nSPS) is 10.4. The molecule has 0 bridgehead atoms. The molecule has 11 heavy (non-hydrogen) atoms. The molecule has 0 aromatic heterocycles. The largest absolute Gasteiger partial charge is 0.0988 e. The van der Waals surface area contributed by atoms with Gasteiger partial charge in [0.15, 0.2) is 0 Å². The molecule has 68 valence electrons. The van der Waals surface area contributed by atoms with Crippen LogP contribution in [0.2, 0.25) is 0 Å². The van der Waals surface area contributed by atoms with Crippen molar-refractivity contribution in [3.8, 4) is 0 Å². The van der Waals surface area contributed by atoms with E-state index in [0.717, 1.165) is 0 Å². The zero-order chi connectivity index (χ0) is 8.36. The summed E-state index contributed by atoms with van der Waals surface area (Å²) in [5.41, 5.74) is 0. The second-order valence-corrected chi connectivity index (χ2v) is 8.92. The predicted octanol–water partition coefficient (Wildman–Crippen LogP) is 5.09. The average molecular weight is 247 g/mol. The van der Waals surface area contributed by atoms with Crippen LogP contribution >= 0.6 is 51.9 Å². The summed E-state index contributed by atoms with van der Waals surface area (Å²) in [6.07, 6.45) is 5.48. The van der Waals surface area contributed by atoms with Crippen molar-refractivity contribution in [2.75, 3.05) is 5.75 Å². The fourth-order valence-electron chi connectivity index (χ4n) is 0.654. The quantitative estimate of drug-likeness (QED) is 0.360. The molecule has 0 saturated carbocycles. The van der Waals surface area contributed by atoms with Gasteiger partial charge in [0.05, 0.1) is 0 Å². The second kappa shape index (κ2) is 11.8. The van der Waals surface area contributed by atoms with E-state index in [1.807, 2.05) is 20.6 Å². The van der Waals surface area contributed by atoms with E-state index in [1.165, 1.54) is 41.3 Å². The first-order chi connectivity index (χ1) is 5.41. The van der Waals surface area contributed by atoms with Crippen LogP contribution in [0, 0.1) is 0 Å². The van der Waals surface area contributed by atoms with Crippen LogP contribution in [0.25, 0.3) is 0 Å². The van der Waals surface area contributed by atoms with Crippen LogP contribution in [0.4, 0.5) is 0 Å². The molecule has 5 heteroatoms. The van der Waals surface area contributed by atoms with Crippen molar-refractivity contribution < 1.29 is 0 Å². The van der Waals surface area contributed by atoms with Gasteiger partial charge in [0.2, 0.25) is 0 Å². The summed E-state index contributed by atoms with van der Waals surface area (Å²) in [6.45, 7) is 2.25. The SMILES string of the molecule is CCCCCCSSSSS. The minimum Gasteiger partial charge on any atom is -0.0988 e. The predicted molar refractivity (Wildman–Crippen MR) is 68.4 cm³/mol. The number of rotatable bonds is 8. The zero-order valence-corrected chi connectivity index (χ0v) is 10.8. The molecule has 0 amide bonds. The third-order valence-corrected chi connectivity index (χ3v) is 8.05. The van der Waals surface area contributed by atoms with Gasteiger partial charge in [-0.3, -0.25) is 0 Å². The third kappa shape index (κ3) is 11.8. The number of hydrogen-bond acceptors (Lipinski definition) is 5. The maximum absolute atomic E-state index is 4.02. The smallest absolute Gasteiger partial charge is 0.00454 e. The molecule has 0 radical (unpaired) electrons. The Kier molecular flexibility index (Phi) is 13.6. The van der Waals surface area contributed by atoms with Crippen molar-refractivity contribution in [3.05, 3.63) is 0 Å². The highest BCUT2D eigenvalue weighted by atomic mass is 33.8. The van der Waals surface area contributed by atoms with E-state index in [0.29, 0.717) is 0 Å². The van der Waals surface area contributed by atoms with Gasteiger partial charge in [-0.1, -0.05) is 48.6 Å². The minimum atomic E-state index is 1.28. The Bertz CT molecular complexity index is 60.0. The lowest BCUT2D eigenvalue weighted by Gasteiger charge is -1.97. The molecule has 0 spiro atoms. The van der Waals surface area contributed by atoms with Crippen molar-refractivity contribution in [1.82, 2.24) is 0 Å². The van der Waals surface area contributed by atoms with Crippen molar-refractivity contribution >= 4 is 51.9 Å². The van der Waals surface area contributed by atoms with E-state index >= 15 is 0 Å². The van der Waals surface area contributed by atoms with Crippen LogP contribution in [0.1, 0.15) is 32.6 Å². The summed E-state index contributed by atoms with van der Waals surface area (Å²) in [5, 5.41) is 0. The molecule has 0 nitrogen and oxygen atoms in total. The fraction of sp³-hybridized carbons (Fsp3) is 1.00. The Hall–Kier alpha value is 1.75. The molecule has 0 aliphatic heterocycles. The molecule has 0 aromatic carbocycles. The first kappa shape index (κ1) is 12.8. The van der Waals surface area contributed by atoms with E-state index in [-0.39, 0.29) is 0 Å². The second-order valence-electron chi connectivity index (χ2n) is 2.09. The van der Waals surface area contributed by atoms with E-state index in [4.69, 9.17) is 0 Å². The van der Waals surface area contributed by atoms with Gasteiger partial charge in [0, 0.05) is 5.75 Å². The topological polar surface area (TPSA) is 0 Å². The lowest BCUT2D eigenvalue weighted by atomic mass is 10.2. The fourth-order valence-corrected chi connectivity index (χ4v) is 6.79. The molecule has 0 aromatic rings. The van der Waals surface area contributed by atoms with Gasteiger partial charge in [0.25, 0.3) is 0 Å². The maximum atomic E-state index is 4.02. The van der Waals surface area contributed by atoms with Gasteiger partial charge < -0.3 is 0 Å². The van der Waals surface area contributed by atoms with Crippen LogP contribution in [-0.4, -0.2) is 5.75 Å². The Morgan fingerprint density at radius 2 is 1.91 bits per heavy atom. The molecule has 0 saturated heterocycles. The van der Waals surface area contributed by atoms with Crippen LogP contribution < -0.4 is 0 Å². The lowest BCUT2D eigenvalue weighted by molar-refractivity contribution is 0.707. The van der Waals surface area contributed by atoms with Gasteiger partial charge in [-0.2, -0.15) is 0 Å². The minimum absolute atomic E-state index is 1.28. The summed E-state index contributed by atoms with van der Waals surface area (Å²) in [6, 6.07) is 0. The van der Waals surface area contributed by atoms with Gasteiger partial charge in [-0.25, -0.2) is 0 Å². The molecule has 0 aliphatic rings. The first-order valence-electron chi connectivity index (χ1n) is 3.68. The molecule has 0 unspecified atom stereocenters. The Morgan fingerprint density at radius 1 is 1.09 bits per heavy atom. The summed E-state index contributed by atoms with van der Waals surface area (Å²) in [7, 11) is 7.02. The summed E-state index contributed by atoms with van der Waals surface area (Å²) >= 11 is 4.02. The van der Waals surface area contributed by atoms with Gasteiger partial charge in [-0.15, -0.1) is 0 Å². The molecular formula is C6H14S5. The first-order valence-corrected chi connectivity index (χ1v) is 9.72. The highest BCUT2D eigenvalue weighted by Gasteiger charge is 1.90. The van der Waals surface area contributed by atoms with Crippen LogP contribution in [0.15, 0.2) is 0 Å². The molecule has 0 atom stereocenters. The molecule has 0 heterocycles. The highest BCUT2D eigenvalue weighted by Crippen LogP contribution is 2.44. The number of unbranched alkanes of at least 4 members (excludes halogenated alkanes) is 3. The molecular weight excluding hydrogens is 232 g/mol. The van der Waals surface area contributed by atoms with E-state index in [1.54, 1.807) is 9.83 Å². The standard InChI is InChI=1S/C6H14S5/c1-2-3-4-5-6-8-10-11-9-7/h7H,2-6H2,1H3. The molecule has 0 rings (SSSR count). The summed E-state index contributed by atoms with van der Waals surface area (Å²) < 4.78 is 0. The monoisotopic (exact) mass is 246 g/mol. The lowest BCUT2D eigenvalue weighted by Crippen LogP contribution is -1.76. The van der Waals surface area contributed by atoms with Crippen molar-refractivity contribution in [2.45, 2.75) is 32.6 Å². The van der Waals surface area contributed by atoms with Crippen molar-refractivity contribution in [2.24, 2.45) is 0 Å². The van der Waals surface area contributed by atoms with Crippen molar-refractivity contribution in [3.63, 3.8) is 0 Å². The van der Waals surface area contributed by atoms with E-state index in [2.05, 4.69) is 18.6 Å². The zero-order valence-electron chi connectivity index (χ0n) is 6.62. The van der Waals surface area contributed by atoms with Crippen molar-refractivity contribution in [1.29, 1.82) is 0 Å². The van der Waals surface area contributed by atoms with Gasteiger partial charge >= 0.3 is 0 Å². The molecule has 0 fully saturated rings. The van der Waals surface area contributed by atoms with E-state index in [9.17, 15) is 0 Å². The van der Waals surface area contributed by atoms with Gasteiger partial charge in [-0.05, 0) is 35.9 Å². The average Bonchev–Trinajstić information content (AvgIpc) is 2.03. The van der Waals surface area contributed by atoms with Crippen LogP contribution in [0.3, 0.4) is 0 Å². The molecule has 0 aliphatic carbocycles. The summed E-state index contributed by atoms with van der Waals surface area (Å²) in [4.78, 5) is 0. The maximum Gasteiger partial charge on any atom is 0.00454 e. The molecule has 0 N–H and O–H groups in total. The number of thiol groups is 1. The van der Waals surface area contributed by atoms with Crippen LogP contribution in [0.5, 0.6) is 0 Å².